The van der Waals surface area contributed by atoms with Crippen molar-refractivity contribution in [1.82, 2.24) is 10.6 Å². The Morgan fingerprint density at radius 2 is 1.56 bits per heavy atom. The Morgan fingerprint density at radius 3 is 2.11 bits per heavy atom. The number of nitrogens with one attached hydrogen (secondary N) is 2. The van der Waals surface area contributed by atoms with E-state index in [4.69, 9.17) is 0 Å². The standard InChI is InChI=1S/C15H28N2O/c1-15(10-4-3-5-11-15)14(18)17-13-8-6-12(16-2)7-9-13/h12-13,16H,3-11H2,1-2H3,(H,17,18). The fraction of sp³-hybridized carbons (Fsp3) is 0.933. The van der Waals surface area contributed by atoms with Gasteiger partial charge < -0.3 is 10.6 Å². The molecule has 2 saturated carbocycles. The number of rotatable bonds is 3. The Balaban J connectivity index is 1.80. The number of carbonyl (C=O) groups is 1. The SMILES string of the molecule is CNC1CCC(NC(=O)C2(C)CCCCC2)CC1. The molecule has 2 aliphatic carbocycles. The molecule has 0 aromatic carbocycles. The average Bonchev–Trinajstić information content (AvgIpc) is 2.40. The lowest BCUT2D eigenvalue weighted by Gasteiger charge is -2.35. The van der Waals surface area contributed by atoms with E-state index in [0.717, 1.165) is 25.7 Å². The predicted molar refractivity (Wildman–Crippen MR) is 74.4 cm³/mol. The molecule has 2 rings (SSSR count). The summed E-state index contributed by atoms with van der Waals surface area (Å²) in [4.78, 5) is 12.4. The second-order valence-corrected chi connectivity index (χ2v) is 6.43. The van der Waals surface area contributed by atoms with E-state index in [1.54, 1.807) is 0 Å². The fourth-order valence-corrected chi connectivity index (χ4v) is 3.45. The quantitative estimate of drug-likeness (QED) is 0.810. The van der Waals surface area contributed by atoms with Crippen LogP contribution in [0.4, 0.5) is 0 Å². The van der Waals surface area contributed by atoms with Crippen LogP contribution in [0.1, 0.15) is 64.7 Å². The maximum absolute atomic E-state index is 12.4. The van der Waals surface area contributed by atoms with Crippen LogP contribution in [0.25, 0.3) is 0 Å². The van der Waals surface area contributed by atoms with E-state index >= 15 is 0 Å². The minimum Gasteiger partial charge on any atom is -0.353 e. The van der Waals surface area contributed by atoms with Gasteiger partial charge in [-0.15, -0.1) is 0 Å². The van der Waals surface area contributed by atoms with Gasteiger partial charge in [-0.05, 0) is 45.6 Å². The van der Waals surface area contributed by atoms with Gasteiger partial charge in [-0.3, -0.25) is 4.79 Å². The molecule has 2 N–H and O–H groups in total. The molecular weight excluding hydrogens is 224 g/mol. The van der Waals surface area contributed by atoms with Crippen LogP contribution in [-0.4, -0.2) is 25.0 Å². The molecule has 0 atom stereocenters. The van der Waals surface area contributed by atoms with E-state index in [2.05, 4.69) is 17.6 Å². The van der Waals surface area contributed by atoms with Gasteiger partial charge in [0.15, 0.2) is 0 Å². The van der Waals surface area contributed by atoms with Crippen LogP contribution in [0.5, 0.6) is 0 Å². The van der Waals surface area contributed by atoms with Crippen molar-refractivity contribution in [2.75, 3.05) is 7.05 Å². The van der Waals surface area contributed by atoms with E-state index in [1.807, 2.05) is 7.05 Å². The molecule has 0 bridgehead atoms. The van der Waals surface area contributed by atoms with Crippen LogP contribution in [0, 0.1) is 5.41 Å². The van der Waals surface area contributed by atoms with Crippen molar-refractivity contribution >= 4 is 5.91 Å². The molecule has 1 amide bonds. The molecule has 104 valence electrons. The molecule has 0 aliphatic heterocycles. The van der Waals surface area contributed by atoms with Crippen molar-refractivity contribution < 1.29 is 4.79 Å². The lowest BCUT2D eigenvalue weighted by molar-refractivity contribution is -0.132. The second-order valence-electron chi connectivity index (χ2n) is 6.43. The van der Waals surface area contributed by atoms with Gasteiger partial charge >= 0.3 is 0 Å². The third kappa shape index (κ3) is 3.25. The van der Waals surface area contributed by atoms with Crippen molar-refractivity contribution in [2.45, 2.75) is 76.8 Å². The molecule has 0 aromatic rings. The average molecular weight is 252 g/mol. The smallest absolute Gasteiger partial charge is 0.226 e. The molecule has 0 heterocycles. The summed E-state index contributed by atoms with van der Waals surface area (Å²) >= 11 is 0. The second kappa shape index (κ2) is 6.05. The molecule has 0 unspecified atom stereocenters. The summed E-state index contributed by atoms with van der Waals surface area (Å²) in [5.74, 6) is 0.315. The summed E-state index contributed by atoms with van der Waals surface area (Å²) in [7, 11) is 2.03. The van der Waals surface area contributed by atoms with Crippen LogP contribution >= 0.6 is 0 Å². The third-order valence-corrected chi connectivity index (χ3v) is 4.98. The molecule has 2 fully saturated rings. The maximum Gasteiger partial charge on any atom is 0.226 e. The van der Waals surface area contributed by atoms with Crippen LogP contribution in [0.2, 0.25) is 0 Å². The number of hydrogen-bond acceptors (Lipinski definition) is 2. The normalized spacial score (nSPS) is 31.9. The van der Waals surface area contributed by atoms with Crippen molar-refractivity contribution in [2.24, 2.45) is 5.41 Å². The Bertz CT molecular complexity index is 276. The van der Waals surface area contributed by atoms with Crippen LogP contribution in [0.3, 0.4) is 0 Å². The number of hydrogen-bond donors (Lipinski definition) is 2. The van der Waals surface area contributed by atoms with E-state index in [9.17, 15) is 4.79 Å². The zero-order chi connectivity index (χ0) is 13.0. The summed E-state index contributed by atoms with van der Waals surface area (Å²) < 4.78 is 0. The van der Waals surface area contributed by atoms with Crippen molar-refractivity contribution in [1.29, 1.82) is 0 Å². The highest BCUT2D eigenvalue weighted by Gasteiger charge is 2.35. The zero-order valence-electron chi connectivity index (χ0n) is 11.9. The first kappa shape index (κ1) is 13.9. The lowest BCUT2D eigenvalue weighted by atomic mass is 9.74. The topological polar surface area (TPSA) is 41.1 Å². The van der Waals surface area contributed by atoms with E-state index in [0.29, 0.717) is 18.0 Å². The third-order valence-electron chi connectivity index (χ3n) is 4.98. The van der Waals surface area contributed by atoms with Crippen LogP contribution in [0.15, 0.2) is 0 Å². The predicted octanol–water partition coefficient (Wildman–Crippen LogP) is 2.60. The Morgan fingerprint density at radius 1 is 1.00 bits per heavy atom. The molecular formula is C15H28N2O. The molecule has 0 radical (unpaired) electrons. The van der Waals surface area contributed by atoms with Gasteiger partial charge in [0, 0.05) is 17.5 Å². The minimum atomic E-state index is -0.0852. The highest BCUT2D eigenvalue weighted by Crippen LogP contribution is 2.36. The lowest BCUT2D eigenvalue weighted by Crippen LogP contribution is -2.47. The van der Waals surface area contributed by atoms with E-state index in [-0.39, 0.29) is 5.41 Å². The molecule has 18 heavy (non-hydrogen) atoms. The van der Waals surface area contributed by atoms with Crippen molar-refractivity contribution in [3.63, 3.8) is 0 Å². The van der Waals surface area contributed by atoms with Gasteiger partial charge in [-0.1, -0.05) is 26.2 Å². The number of amides is 1. The first-order valence-corrected chi connectivity index (χ1v) is 7.62. The maximum atomic E-state index is 12.4. The Labute approximate surface area is 111 Å². The molecule has 0 aromatic heterocycles. The van der Waals surface area contributed by atoms with Crippen molar-refractivity contribution in [3.05, 3.63) is 0 Å². The molecule has 0 saturated heterocycles. The van der Waals surface area contributed by atoms with E-state index < -0.39 is 0 Å². The zero-order valence-corrected chi connectivity index (χ0v) is 11.9. The van der Waals surface area contributed by atoms with Gasteiger partial charge in [0.25, 0.3) is 0 Å². The van der Waals surface area contributed by atoms with Gasteiger partial charge in [0.1, 0.15) is 0 Å². The van der Waals surface area contributed by atoms with Gasteiger partial charge in [0.05, 0.1) is 0 Å². The highest BCUT2D eigenvalue weighted by molar-refractivity contribution is 5.82. The van der Waals surface area contributed by atoms with E-state index in [1.165, 1.54) is 32.1 Å². The molecule has 2 aliphatic rings. The van der Waals surface area contributed by atoms with Gasteiger partial charge in [0.2, 0.25) is 5.91 Å². The Hall–Kier alpha value is -0.570. The van der Waals surface area contributed by atoms with Crippen LogP contribution < -0.4 is 10.6 Å². The summed E-state index contributed by atoms with van der Waals surface area (Å²) in [5.41, 5.74) is -0.0852. The number of carbonyl (C=O) groups excluding carboxylic acids is 1. The summed E-state index contributed by atoms with van der Waals surface area (Å²) in [6.45, 7) is 2.15. The largest absolute Gasteiger partial charge is 0.353 e. The monoisotopic (exact) mass is 252 g/mol. The first-order chi connectivity index (χ1) is 8.64. The highest BCUT2D eigenvalue weighted by atomic mass is 16.2. The fourth-order valence-electron chi connectivity index (χ4n) is 3.45. The minimum absolute atomic E-state index is 0.0852. The summed E-state index contributed by atoms with van der Waals surface area (Å²) in [5, 5.41) is 6.64. The first-order valence-electron chi connectivity index (χ1n) is 7.62. The van der Waals surface area contributed by atoms with Gasteiger partial charge in [-0.2, -0.15) is 0 Å². The molecule has 3 heteroatoms. The van der Waals surface area contributed by atoms with Gasteiger partial charge in [-0.25, -0.2) is 0 Å². The molecule has 0 spiro atoms. The summed E-state index contributed by atoms with van der Waals surface area (Å²) in [6, 6.07) is 1.07. The Kier molecular flexibility index (Phi) is 4.66. The van der Waals surface area contributed by atoms with Crippen LogP contribution in [-0.2, 0) is 4.79 Å². The van der Waals surface area contributed by atoms with Crippen molar-refractivity contribution in [3.8, 4) is 0 Å². The molecule has 3 nitrogen and oxygen atoms in total. The summed E-state index contributed by atoms with van der Waals surface area (Å²) in [6.07, 6.45) is 10.5.